The Morgan fingerprint density at radius 1 is 1.07 bits per heavy atom. The molecule has 0 atom stereocenters. The molecule has 0 saturated heterocycles. The van der Waals surface area contributed by atoms with Gasteiger partial charge in [0.1, 0.15) is 0 Å². The Kier molecular flexibility index (Phi) is 5.45. The number of carbonyl (C=O) groups is 2. The summed E-state index contributed by atoms with van der Waals surface area (Å²) in [7, 11) is 0. The molecule has 0 aliphatic carbocycles. The van der Waals surface area contributed by atoms with E-state index in [1.54, 1.807) is 24.3 Å². The van der Waals surface area contributed by atoms with Crippen LogP contribution >= 0.6 is 0 Å². The van der Waals surface area contributed by atoms with Gasteiger partial charge < -0.3 is 4.74 Å². The number of esters is 1. The van der Waals surface area contributed by atoms with Crippen molar-refractivity contribution in [1.82, 2.24) is 9.55 Å². The molecule has 3 rings (SSSR count). The second-order valence-electron chi connectivity index (χ2n) is 6.41. The number of aromatic nitrogens is 2. The number of rotatable bonds is 6. The molecule has 0 fully saturated rings. The molecule has 3 aromatic rings. The number of aryl methyl sites for hydroxylation is 3. The Hall–Kier alpha value is -3.28. The number of fused-ring (bicyclic) bond motifs is 1. The van der Waals surface area contributed by atoms with Crippen molar-refractivity contribution in [2.45, 2.75) is 26.8 Å². The quantitative estimate of drug-likeness (QED) is 0.496. The van der Waals surface area contributed by atoms with Gasteiger partial charge in [-0.2, -0.15) is 0 Å². The minimum absolute atomic E-state index is 0.0138. The van der Waals surface area contributed by atoms with E-state index in [4.69, 9.17) is 4.74 Å². The number of ether oxygens (including phenoxy) is 1. The molecular weight excluding hydrogens is 344 g/mol. The molecule has 0 aliphatic rings. The summed E-state index contributed by atoms with van der Waals surface area (Å²) in [5, 5.41) is 0.514. The number of ketones is 1. The molecule has 0 amide bonds. The van der Waals surface area contributed by atoms with Crippen LogP contribution in [0.1, 0.15) is 27.9 Å². The Bertz CT molecular complexity index is 1050. The van der Waals surface area contributed by atoms with Crippen LogP contribution < -0.4 is 5.56 Å². The summed E-state index contributed by atoms with van der Waals surface area (Å²) < 4.78 is 6.41. The van der Waals surface area contributed by atoms with Gasteiger partial charge in [0.15, 0.2) is 12.4 Å². The van der Waals surface area contributed by atoms with Crippen molar-refractivity contribution >= 4 is 22.7 Å². The van der Waals surface area contributed by atoms with E-state index in [9.17, 15) is 14.4 Å². The van der Waals surface area contributed by atoms with Crippen molar-refractivity contribution in [3.05, 3.63) is 75.8 Å². The summed E-state index contributed by atoms with van der Waals surface area (Å²) in [5.41, 5.74) is 2.93. The standard InChI is InChI=1S/C21H20N2O4/c1-14-6-8-16(9-7-14)18(24)12-27-19(25)10-11-23-13-22-20-15(2)4-3-5-17(20)21(23)26/h3-9,13H,10-12H2,1-2H3. The van der Waals surface area contributed by atoms with Gasteiger partial charge in [-0.1, -0.05) is 42.0 Å². The van der Waals surface area contributed by atoms with Crippen LogP contribution in [0.4, 0.5) is 0 Å². The predicted octanol–water partition coefficient (Wildman–Crippen LogP) is 2.83. The van der Waals surface area contributed by atoms with Gasteiger partial charge in [-0.15, -0.1) is 0 Å². The Labute approximate surface area is 156 Å². The van der Waals surface area contributed by atoms with Gasteiger partial charge in [0.2, 0.25) is 0 Å². The lowest BCUT2D eigenvalue weighted by Crippen LogP contribution is -2.23. The molecule has 0 radical (unpaired) electrons. The van der Waals surface area contributed by atoms with Crippen LogP contribution in [0, 0.1) is 13.8 Å². The molecule has 6 nitrogen and oxygen atoms in total. The molecule has 0 unspecified atom stereocenters. The molecular formula is C21H20N2O4. The average Bonchev–Trinajstić information content (AvgIpc) is 2.66. The fraction of sp³-hybridized carbons (Fsp3) is 0.238. The number of hydrogen-bond donors (Lipinski definition) is 0. The van der Waals surface area contributed by atoms with Crippen LogP contribution in [0.15, 0.2) is 53.6 Å². The fourth-order valence-electron chi connectivity index (χ4n) is 2.75. The van der Waals surface area contributed by atoms with E-state index >= 15 is 0 Å². The molecule has 2 aromatic carbocycles. The zero-order valence-electron chi connectivity index (χ0n) is 15.3. The molecule has 0 bridgehead atoms. The van der Waals surface area contributed by atoms with Gasteiger partial charge >= 0.3 is 5.97 Å². The molecule has 0 aliphatic heterocycles. The van der Waals surface area contributed by atoms with Crippen LogP contribution in [0.25, 0.3) is 10.9 Å². The number of Topliss-reactive ketones (excluding diaryl/α,β-unsaturated/α-hetero) is 1. The maximum atomic E-state index is 12.5. The van der Waals surface area contributed by atoms with Crippen molar-refractivity contribution in [2.75, 3.05) is 6.61 Å². The molecule has 0 saturated carbocycles. The minimum Gasteiger partial charge on any atom is -0.457 e. The Balaban J connectivity index is 1.58. The zero-order valence-corrected chi connectivity index (χ0v) is 15.3. The summed E-state index contributed by atoms with van der Waals surface area (Å²) in [6.07, 6.45) is 1.42. The van der Waals surface area contributed by atoms with Crippen molar-refractivity contribution in [3.63, 3.8) is 0 Å². The zero-order chi connectivity index (χ0) is 19.4. The summed E-state index contributed by atoms with van der Waals surface area (Å²) in [6, 6.07) is 12.5. The van der Waals surface area contributed by atoms with Crippen LogP contribution in [-0.2, 0) is 16.1 Å². The van der Waals surface area contributed by atoms with E-state index in [1.165, 1.54) is 10.9 Å². The highest BCUT2D eigenvalue weighted by molar-refractivity contribution is 5.97. The first kappa shape index (κ1) is 18.5. The van der Waals surface area contributed by atoms with Crippen molar-refractivity contribution in [1.29, 1.82) is 0 Å². The van der Waals surface area contributed by atoms with Gasteiger partial charge in [0.05, 0.1) is 23.7 Å². The summed E-state index contributed by atoms with van der Waals surface area (Å²) >= 11 is 0. The summed E-state index contributed by atoms with van der Waals surface area (Å²) in [4.78, 5) is 40.7. The third kappa shape index (κ3) is 4.28. The van der Waals surface area contributed by atoms with E-state index < -0.39 is 5.97 Å². The van der Waals surface area contributed by atoms with Crippen molar-refractivity contribution in [2.24, 2.45) is 0 Å². The molecule has 1 heterocycles. The number of para-hydroxylation sites is 1. The second-order valence-corrected chi connectivity index (χ2v) is 6.41. The van der Waals surface area contributed by atoms with Gasteiger partial charge in [-0.25, -0.2) is 4.98 Å². The number of benzene rings is 2. The van der Waals surface area contributed by atoms with Gasteiger partial charge in [-0.3, -0.25) is 19.0 Å². The normalized spacial score (nSPS) is 10.7. The van der Waals surface area contributed by atoms with Crippen LogP contribution in [0.5, 0.6) is 0 Å². The van der Waals surface area contributed by atoms with Crippen LogP contribution in [0.2, 0.25) is 0 Å². The SMILES string of the molecule is Cc1ccc(C(=O)COC(=O)CCn2cnc3c(C)cccc3c2=O)cc1. The van der Waals surface area contributed by atoms with Gasteiger partial charge in [0.25, 0.3) is 5.56 Å². The highest BCUT2D eigenvalue weighted by atomic mass is 16.5. The largest absolute Gasteiger partial charge is 0.457 e. The lowest BCUT2D eigenvalue weighted by atomic mass is 10.1. The lowest BCUT2D eigenvalue weighted by molar-refractivity contribution is -0.142. The summed E-state index contributed by atoms with van der Waals surface area (Å²) in [6.45, 7) is 3.65. The van der Waals surface area contributed by atoms with E-state index in [1.807, 2.05) is 32.0 Å². The van der Waals surface area contributed by atoms with E-state index in [-0.39, 0.29) is 30.9 Å². The van der Waals surface area contributed by atoms with Crippen LogP contribution in [-0.4, -0.2) is 27.9 Å². The van der Waals surface area contributed by atoms with Crippen LogP contribution in [0.3, 0.4) is 0 Å². The third-order valence-electron chi connectivity index (χ3n) is 4.35. The fourth-order valence-corrected chi connectivity index (χ4v) is 2.75. The predicted molar refractivity (Wildman–Crippen MR) is 102 cm³/mol. The smallest absolute Gasteiger partial charge is 0.308 e. The Morgan fingerprint density at radius 2 is 1.81 bits per heavy atom. The first-order valence-corrected chi connectivity index (χ1v) is 8.66. The number of hydrogen-bond acceptors (Lipinski definition) is 5. The maximum absolute atomic E-state index is 12.5. The highest BCUT2D eigenvalue weighted by Crippen LogP contribution is 2.11. The maximum Gasteiger partial charge on any atom is 0.308 e. The first-order chi connectivity index (χ1) is 13.0. The molecule has 6 heteroatoms. The topological polar surface area (TPSA) is 78.3 Å². The average molecular weight is 364 g/mol. The van der Waals surface area contributed by atoms with Crippen molar-refractivity contribution < 1.29 is 14.3 Å². The Morgan fingerprint density at radius 3 is 2.56 bits per heavy atom. The highest BCUT2D eigenvalue weighted by Gasteiger charge is 2.11. The third-order valence-corrected chi connectivity index (χ3v) is 4.35. The second kappa shape index (κ2) is 7.95. The van der Waals surface area contributed by atoms with Gasteiger partial charge in [0, 0.05) is 12.1 Å². The molecule has 138 valence electrons. The summed E-state index contributed by atoms with van der Waals surface area (Å²) in [5.74, 6) is -0.796. The van der Waals surface area contributed by atoms with E-state index in [0.717, 1.165) is 11.1 Å². The van der Waals surface area contributed by atoms with Gasteiger partial charge in [-0.05, 0) is 25.5 Å². The molecule has 0 N–H and O–H groups in total. The van der Waals surface area contributed by atoms with Crippen molar-refractivity contribution in [3.8, 4) is 0 Å². The molecule has 1 aromatic heterocycles. The lowest BCUT2D eigenvalue weighted by Gasteiger charge is -2.08. The van der Waals surface area contributed by atoms with E-state index in [2.05, 4.69) is 4.98 Å². The number of nitrogens with zero attached hydrogens (tertiary/aromatic N) is 2. The first-order valence-electron chi connectivity index (χ1n) is 8.66. The monoisotopic (exact) mass is 364 g/mol. The minimum atomic E-state index is -0.535. The number of carbonyl (C=O) groups excluding carboxylic acids is 2. The molecule has 0 spiro atoms. The molecule has 27 heavy (non-hydrogen) atoms. The van der Waals surface area contributed by atoms with E-state index in [0.29, 0.717) is 16.5 Å².